The third-order valence-corrected chi connectivity index (χ3v) is 3.92. The predicted octanol–water partition coefficient (Wildman–Crippen LogP) is 2.82. The molecule has 0 saturated carbocycles. The van der Waals surface area contributed by atoms with E-state index in [-0.39, 0.29) is 0 Å². The average Bonchev–Trinajstić information content (AvgIpc) is 2.30. The summed E-state index contributed by atoms with van der Waals surface area (Å²) in [4.78, 5) is 6.72. The summed E-state index contributed by atoms with van der Waals surface area (Å²) in [5, 5.41) is 0.661. The van der Waals surface area contributed by atoms with Crippen LogP contribution in [0.2, 0.25) is 5.02 Å². The van der Waals surface area contributed by atoms with Crippen LogP contribution < -0.4 is 10.6 Å². The molecule has 0 aromatic carbocycles. The van der Waals surface area contributed by atoms with Crippen LogP contribution >= 0.6 is 11.6 Å². The van der Waals surface area contributed by atoms with Crippen molar-refractivity contribution in [3.63, 3.8) is 0 Å². The fourth-order valence-electron chi connectivity index (χ4n) is 2.14. The Morgan fingerprint density at radius 3 is 2.65 bits per heavy atom. The second kappa shape index (κ2) is 4.83. The number of aromatic nitrogens is 1. The molecule has 0 atom stereocenters. The minimum absolute atomic E-state index is 0.458. The number of hydrogen-bond acceptors (Lipinski definition) is 3. The zero-order chi connectivity index (χ0) is 12.5. The van der Waals surface area contributed by atoms with E-state index in [9.17, 15) is 0 Å². The number of piperidine rings is 1. The Kier molecular flexibility index (Phi) is 3.59. The predicted molar refractivity (Wildman–Crippen MR) is 72.4 cm³/mol. The summed E-state index contributed by atoms with van der Waals surface area (Å²) < 4.78 is 0. The molecule has 3 nitrogen and oxygen atoms in total. The van der Waals surface area contributed by atoms with Gasteiger partial charge in [0.15, 0.2) is 0 Å². The van der Waals surface area contributed by atoms with E-state index < -0.39 is 0 Å². The van der Waals surface area contributed by atoms with Crippen molar-refractivity contribution in [3.05, 3.63) is 22.8 Å². The molecule has 1 aliphatic rings. The van der Waals surface area contributed by atoms with E-state index in [2.05, 4.69) is 23.7 Å². The van der Waals surface area contributed by atoms with E-state index in [0.717, 1.165) is 24.5 Å². The quantitative estimate of drug-likeness (QED) is 0.881. The first-order valence-electron chi connectivity index (χ1n) is 6.11. The summed E-state index contributed by atoms with van der Waals surface area (Å²) in [6, 6.07) is 2.01. The summed E-state index contributed by atoms with van der Waals surface area (Å²) in [5.41, 5.74) is 7.09. The molecule has 0 spiro atoms. The average molecular weight is 254 g/mol. The van der Waals surface area contributed by atoms with E-state index in [1.807, 2.05) is 6.07 Å². The highest BCUT2D eigenvalue weighted by atomic mass is 35.5. The molecule has 4 heteroatoms. The lowest BCUT2D eigenvalue weighted by atomic mass is 9.83. The van der Waals surface area contributed by atoms with Gasteiger partial charge in [-0.1, -0.05) is 25.4 Å². The first kappa shape index (κ1) is 12.7. The Morgan fingerprint density at radius 2 is 2.06 bits per heavy atom. The van der Waals surface area contributed by atoms with Crippen molar-refractivity contribution < 1.29 is 0 Å². The van der Waals surface area contributed by atoms with Crippen LogP contribution in [0, 0.1) is 5.41 Å². The highest BCUT2D eigenvalue weighted by molar-refractivity contribution is 6.31. The monoisotopic (exact) mass is 253 g/mol. The SMILES string of the molecule is CC1(C)CCN(c2cc(CN)c(Cl)cn2)CC1. The van der Waals surface area contributed by atoms with E-state index in [1.165, 1.54) is 12.8 Å². The molecule has 1 aromatic rings. The molecule has 2 N–H and O–H groups in total. The Labute approximate surface area is 108 Å². The van der Waals surface area contributed by atoms with Gasteiger partial charge in [0.05, 0.1) is 5.02 Å². The number of halogens is 1. The Morgan fingerprint density at radius 1 is 1.41 bits per heavy atom. The standard InChI is InChI=1S/C13H20ClN3/c1-13(2)3-5-17(6-4-13)12-7-10(8-15)11(14)9-16-12/h7,9H,3-6,8,15H2,1-2H3. The summed E-state index contributed by atoms with van der Waals surface area (Å²) in [5.74, 6) is 1.00. The molecule has 0 radical (unpaired) electrons. The number of nitrogens with zero attached hydrogens (tertiary/aromatic N) is 2. The third-order valence-electron chi connectivity index (χ3n) is 3.58. The second-order valence-electron chi connectivity index (χ2n) is 5.49. The molecule has 1 aromatic heterocycles. The van der Waals surface area contributed by atoms with Gasteiger partial charge in [-0.05, 0) is 29.9 Å². The zero-order valence-electron chi connectivity index (χ0n) is 10.5. The Hall–Kier alpha value is -0.800. The van der Waals surface area contributed by atoms with Gasteiger partial charge in [0.2, 0.25) is 0 Å². The number of anilines is 1. The van der Waals surface area contributed by atoms with Gasteiger partial charge in [-0.15, -0.1) is 0 Å². The lowest BCUT2D eigenvalue weighted by Gasteiger charge is -2.37. The maximum absolute atomic E-state index is 6.02. The van der Waals surface area contributed by atoms with Crippen molar-refractivity contribution in [2.45, 2.75) is 33.2 Å². The minimum Gasteiger partial charge on any atom is -0.357 e. The van der Waals surface area contributed by atoms with Gasteiger partial charge in [0.1, 0.15) is 5.82 Å². The van der Waals surface area contributed by atoms with Crippen LogP contribution in [0.5, 0.6) is 0 Å². The van der Waals surface area contributed by atoms with Gasteiger partial charge in [-0.2, -0.15) is 0 Å². The molecule has 0 aliphatic carbocycles. The van der Waals surface area contributed by atoms with Gasteiger partial charge in [0.25, 0.3) is 0 Å². The van der Waals surface area contributed by atoms with Crippen LogP contribution in [0.25, 0.3) is 0 Å². The largest absolute Gasteiger partial charge is 0.357 e. The fourth-order valence-corrected chi connectivity index (χ4v) is 2.32. The molecule has 0 bridgehead atoms. The maximum Gasteiger partial charge on any atom is 0.128 e. The van der Waals surface area contributed by atoms with Crippen molar-refractivity contribution in [2.75, 3.05) is 18.0 Å². The van der Waals surface area contributed by atoms with Gasteiger partial charge in [0, 0.05) is 25.8 Å². The molecule has 1 saturated heterocycles. The Bertz CT molecular complexity index is 394. The third kappa shape index (κ3) is 2.90. The molecule has 0 unspecified atom stereocenters. The van der Waals surface area contributed by atoms with Crippen LogP contribution in [0.15, 0.2) is 12.3 Å². The van der Waals surface area contributed by atoms with E-state index in [0.29, 0.717) is 17.0 Å². The van der Waals surface area contributed by atoms with Gasteiger partial charge in [-0.3, -0.25) is 0 Å². The van der Waals surface area contributed by atoms with Crippen LogP contribution in [0.4, 0.5) is 5.82 Å². The second-order valence-corrected chi connectivity index (χ2v) is 5.90. The lowest BCUT2D eigenvalue weighted by Crippen LogP contribution is -2.37. The lowest BCUT2D eigenvalue weighted by molar-refractivity contribution is 0.279. The van der Waals surface area contributed by atoms with Crippen molar-refractivity contribution in [2.24, 2.45) is 11.1 Å². The van der Waals surface area contributed by atoms with Crippen LogP contribution in [-0.4, -0.2) is 18.1 Å². The van der Waals surface area contributed by atoms with Crippen LogP contribution in [0.3, 0.4) is 0 Å². The first-order chi connectivity index (χ1) is 8.02. The van der Waals surface area contributed by atoms with Crippen molar-refractivity contribution in [3.8, 4) is 0 Å². The molecule has 2 heterocycles. The zero-order valence-corrected chi connectivity index (χ0v) is 11.3. The summed E-state index contributed by atoms with van der Waals surface area (Å²) in [7, 11) is 0. The molecule has 1 fully saturated rings. The summed E-state index contributed by atoms with van der Waals surface area (Å²) in [6.07, 6.45) is 4.11. The highest BCUT2D eigenvalue weighted by Gasteiger charge is 2.26. The molecular formula is C13H20ClN3. The van der Waals surface area contributed by atoms with Crippen LogP contribution in [-0.2, 0) is 6.54 Å². The van der Waals surface area contributed by atoms with Gasteiger partial charge < -0.3 is 10.6 Å². The molecule has 0 amide bonds. The fraction of sp³-hybridized carbons (Fsp3) is 0.615. The van der Waals surface area contributed by atoms with Crippen molar-refractivity contribution in [1.82, 2.24) is 4.98 Å². The van der Waals surface area contributed by atoms with Gasteiger partial charge in [-0.25, -0.2) is 4.98 Å². The molecule has 2 rings (SSSR count). The van der Waals surface area contributed by atoms with E-state index in [4.69, 9.17) is 17.3 Å². The highest BCUT2D eigenvalue weighted by Crippen LogP contribution is 2.32. The van der Waals surface area contributed by atoms with Crippen molar-refractivity contribution in [1.29, 1.82) is 0 Å². The molecule has 17 heavy (non-hydrogen) atoms. The maximum atomic E-state index is 6.02. The molecule has 94 valence electrons. The number of rotatable bonds is 2. The van der Waals surface area contributed by atoms with E-state index >= 15 is 0 Å². The molecular weight excluding hydrogens is 234 g/mol. The Balaban J connectivity index is 2.13. The topological polar surface area (TPSA) is 42.1 Å². The normalized spacial score (nSPS) is 19.4. The first-order valence-corrected chi connectivity index (χ1v) is 6.49. The number of nitrogens with two attached hydrogens (primary N) is 1. The van der Waals surface area contributed by atoms with E-state index in [1.54, 1.807) is 6.20 Å². The number of hydrogen-bond donors (Lipinski definition) is 1. The van der Waals surface area contributed by atoms with Crippen LogP contribution in [0.1, 0.15) is 32.3 Å². The summed E-state index contributed by atoms with van der Waals surface area (Å²) in [6.45, 7) is 7.24. The minimum atomic E-state index is 0.458. The van der Waals surface area contributed by atoms with Gasteiger partial charge >= 0.3 is 0 Å². The number of pyridine rings is 1. The van der Waals surface area contributed by atoms with Crippen molar-refractivity contribution >= 4 is 17.4 Å². The molecule has 1 aliphatic heterocycles. The summed E-state index contributed by atoms with van der Waals surface area (Å²) >= 11 is 6.02. The smallest absolute Gasteiger partial charge is 0.128 e.